The number of hydrogen-bond acceptors (Lipinski definition) is 9. The summed E-state index contributed by atoms with van der Waals surface area (Å²) in [5.74, 6) is -3.53. The van der Waals surface area contributed by atoms with Crippen molar-refractivity contribution >= 4 is 22.5 Å². The number of carbonyl (C=O) groups is 2. The molecule has 9 nitrogen and oxygen atoms in total. The lowest BCUT2D eigenvalue weighted by molar-refractivity contribution is -0.247. The molecule has 0 aromatic heterocycles. The number of Topliss-reactive ketones (excluding diaryl/α,β-unsaturated/α-hetero) is 1. The second kappa shape index (κ2) is 8.31. The van der Waals surface area contributed by atoms with Crippen LogP contribution in [0.5, 0.6) is 0 Å². The number of ketones is 1. The molecule has 0 bridgehead atoms. The molecule has 1 spiro atoms. The fourth-order valence-corrected chi connectivity index (χ4v) is 7.83. The first-order valence-corrected chi connectivity index (χ1v) is 13.8. The van der Waals surface area contributed by atoms with Gasteiger partial charge in [0.2, 0.25) is 0 Å². The van der Waals surface area contributed by atoms with Gasteiger partial charge in [0.25, 0.3) is 0 Å². The molecular weight excluding hydrogens is 502 g/mol. The average Bonchev–Trinajstić information content (AvgIpc) is 3.55. The summed E-state index contributed by atoms with van der Waals surface area (Å²) in [6.45, 7) is 9.81. The number of carbonyl (C=O) groups excluding carboxylic acids is 2. The SMILES string of the molecule is CCOC(=O)[C@@H]1[C@@H]([C@H]2O[C@@H]3OC(C)(C)O[C@@H]3[C@H]3OC(C)(C)O[C@H]32)CN(C)[C@@]12C(=O)c1cccc3cccc2c13. The van der Waals surface area contributed by atoms with Crippen LogP contribution in [0.1, 0.15) is 50.5 Å². The highest BCUT2D eigenvalue weighted by Crippen LogP contribution is 2.57. The molecule has 2 aromatic carbocycles. The van der Waals surface area contributed by atoms with Crippen LogP contribution in [0.15, 0.2) is 36.4 Å². The largest absolute Gasteiger partial charge is 0.466 e. The Kier molecular flexibility index (Phi) is 5.45. The van der Waals surface area contributed by atoms with E-state index < -0.39 is 65.6 Å². The molecule has 0 saturated carbocycles. The Morgan fingerprint density at radius 1 is 0.949 bits per heavy atom. The number of likely N-dealkylation sites (N-methyl/N-ethyl adjacent to an activating group) is 1. The van der Waals surface area contributed by atoms with E-state index in [2.05, 4.69) is 0 Å². The van der Waals surface area contributed by atoms with Crippen molar-refractivity contribution in [3.8, 4) is 0 Å². The number of esters is 1. The molecule has 0 unspecified atom stereocenters. The predicted molar refractivity (Wildman–Crippen MR) is 139 cm³/mol. The minimum Gasteiger partial charge on any atom is -0.466 e. The number of hydrogen-bond donors (Lipinski definition) is 0. The van der Waals surface area contributed by atoms with E-state index in [9.17, 15) is 9.59 Å². The Hall–Kier alpha value is -2.40. The van der Waals surface area contributed by atoms with Gasteiger partial charge in [-0.1, -0.05) is 36.4 Å². The Balaban J connectivity index is 1.37. The lowest BCUT2D eigenvalue weighted by Gasteiger charge is -2.42. The summed E-state index contributed by atoms with van der Waals surface area (Å²) in [6, 6.07) is 11.7. The lowest BCUT2D eigenvalue weighted by atomic mass is 9.71. The molecule has 2 aromatic rings. The van der Waals surface area contributed by atoms with Crippen molar-refractivity contribution in [1.29, 1.82) is 0 Å². The minimum absolute atomic E-state index is 0.0897. The van der Waals surface area contributed by atoms with Crippen molar-refractivity contribution in [2.75, 3.05) is 20.2 Å². The zero-order chi connectivity index (χ0) is 27.5. The molecule has 9 heteroatoms. The second-order valence-electron chi connectivity index (χ2n) is 12.2. The van der Waals surface area contributed by atoms with Crippen molar-refractivity contribution in [2.45, 2.75) is 82.4 Å². The molecule has 4 heterocycles. The maximum absolute atomic E-state index is 14.5. The standard InChI is InChI=1S/C30H35NO8/c1-7-34-26(33)20-17(21-22-23(37-28(2,3)36-22)24-27(35-21)39-29(4,5)38-24)14-31(6)30(20)18-13-9-11-15-10-8-12-16(19(15)18)25(30)32/h8-13,17,20-24,27H,7,14H2,1-6H3/t17-,20-,21+,22-,23-,24+,27+,30+/m0/s1. The van der Waals surface area contributed by atoms with Gasteiger partial charge in [0.05, 0.1) is 18.6 Å². The summed E-state index contributed by atoms with van der Waals surface area (Å²) in [5, 5.41) is 1.87. The van der Waals surface area contributed by atoms with E-state index in [1.165, 1.54) is 0 Å². The fourth-order valence-electron chi connectivity index (χ4n) is 7.83. The molecule has 39 heavy (non-hydrogen) atoms. The number of likely N-dealkylation sites (tertiary alicyclic amines) is 1. The molecule has 1 aliphatic carbocycles. The minimum atomic E-state index is -1.23. The third-order valence-corrected chi connectivity index (χ3v) is 9.02. The fraction of sp³-hybridized carbons (Fsp3) is 0.600. The van der Waals surface area contributed by atoms with Crippen LogP contribution in [0, 0.1) is 11.8 Å². The highest BCUT2D eigenvalue weighted by Gasteiger charge is 2.70. The third kappa shape index (κ3) is 3.41. The molecule has 0 radical (unpaired) electrons. The summed E-state index contributed by atoms with van der Waals surface area (Å²) in [5.41, 5.74) is 0.236. The first kappa shape index (κ1) is 25.6. The molecule has 7 rings (SSSR count). The van der Waals surface area contributed by atoms with Gasteiger partial charge in [0, 0.05) is 18.0 Å². The van der Waals surface area contributed by atoms with Crippen LogP contribution in [0.2, 0.25) is 0 Å². The Bertz CT molecular complexity index is 1370. The normalized spacial score (nSPS) is 39.8. The topological polar surface area (TPSA) is 92.8 Å². The first-order chi connectivity index (χ1) is 18.5. The van der Waals surface area contributed by atoms with Gasteiger partial charge < -0.3 is 28.4 Å². The third-order valence-electron chi connectivity index (χ3n) is 9.02. The zero-order valence-electron chi connectivity index (χ0n) is 23.1. The van der Waals surface area contributed by atoms with Crippen LogP contribution < -0.4 is 0 Å². The van der Waals surface area contributed by atoms with Crippen molar-refractivity contribution in [3.05, 3.63) is 47.5 Å². The maximum Gasteiger partial charge on any atom is 0.312 e. The van der Waals surface area contributed by atoms with E-state index in [1.54, 1.807) is 6.92 Å². The smallest absolute Gasteiger partial charge is 0.312 e. The molecule has 4 aliphatic heterocycles. The number of nitrogens with zero attached hydrogens (tertiary/aromatic N) is 1. The summed E-state index contributed by atoms with van der Waals surface area (Å²) < 4.78 is 37.5. The Morgan fingerprint density at radius 3 is 2.31 bits per heavy atom. The zero-order valence-corrected chi connectivity index (χ0v) is 23.1. The quantitative estimate of drug-likeness (QED) is 0.547. The Labute approximate surface area is 227 Å². The van der Waals surface area contributed by atoms with Gasteiger partial charge in [-0.25, -0.2) is 0 Å². The average molecular weight is 538 g/mol. The molecule has 5 aliphatic rings. The molecule has 4 fully saturated rings. The van der Waals surface area contributed by atoms with Gasteiger partial charge in [-0.3, -0.25) is 14.5 Å². The van der Waals surface area contributed by atoms with Gasteiger partial charge in [0.15, 0.2) is 23.6 Å². The molecular formula is C30H35NO8. The number of rotatable bonds is 3. The molecule has 4 saturated heterocycles. The van der Waals surface area contributed by atoms with Crippen LogP contribution in [0.4, 0.5) is 0 Å². The van der Waals surface area contributed by atoms with E-state index in [4.69, 9.17) is 28.4 Å². The summed E-state index contributed by atoms with van der Waals surface area (Å²) in [6.07, 6.45) is -2.78. The van der Waals surface area contributed by atoms with E-state index in [1.807, 2.05) is 76.0 Å². The van der Waals surface area contributed by atoms with Crippen molar-refractivity contribution < 1.29 is 38.0 Å². The molecule has 208 valence electrons. The van der Waals surface area contributed by atoms with Crippen LogP contribution in [0.3, 0.4) is 0 Å². The summed E-state index contributed by atoms with van der Waals surface area (Å²) >= 11 is 0. The monoisotopic (exact) mass is 537 g/mol. The first-order valence-electron chi connectivity index (χ1n) is 13.8. The predicted octanol–water partition coefficient (Wildman–Crippen LogP) is 3.37. The number of ether oxygens (including phenoxy) is 6. The Morgan fingerprint density at radius 2 is 1.59 bits per heavy atom. The van der Waals surface area contributed by atoms with Gasteiger partial charge >= 0.3 is 5.97 Å². The van der Waals surface area contributed by atoms with Crippen LogP contribution in [-0.4, -0.2) is 79.1 Å². The maximum atomic E-state index is 14.5. The van der Waals surface area contributed by atoms with Crippen LogP contribution in [0.25, 0.3) is 10.8 Å². The highest BCUT2D eigenvalue weighted by molar-refractivity contribution is 6.21. The van der Waals surface area contributed by atoms with Crippen LogP contribution in [-0.2, 0) is 38.8 Å². The number of benzene rings is 2. The van der Waals surface area contributed by atoms with Gasteiger partial charge in [0.1, 0.15) is 23.9 Å². The van der Waals surface area contributed by atoms with Gasteiger partial charge in [-0.2, -0.15) is 0 Å². The van der Waals surface area contributed by atoms with E-state index >= 15 is 0 Å². The van der Waals surface area contributed by atoms with E-state index in [-0.39, 0.29) is 12.4 Å². The summed E-state index contributed by atoms with van der Waals surface area (Å²) in [7, 11) is 1.91. The summed E-state index contributed by atoms with van der Waals surface area (Å²) in [4.78, 5) is 30.5. The van der Waals surface area contributed by atoms with Gasteiger partial charge in [-0.15, -0.1) is 0 Å². The molecule has 8 atom stereocenters. The van der Waals surface area contributed by atoms with Crippen molar-refractivity contribution in [3.63, 3.8) is 0 Å². The van der Waals surface area contributed by atoms with E-state index in [0.717, 1.165) is 16.3 Å². The van der Waals surface area contributed by atoms with Crippen molar-refractivity contribution in [2.24, 2.45) is 11.8 Å². The lowest BCUT2D eigenvalue weighted by Crippen LogP contribution is -2.59. The van der Waals surface area contributed by atoms with Crippen LogP contribution >= 0.6 is 0 Å². The molecule has 0 amide bonds. The second-order valence-corrected chi connectivity index (χ2v) is 12.2. The molecule has 0 N–H and O–H groups in total. The van der Waals surface area contributed by atoms with Gasteiger partial charge in [-0.05, 0) is 58.0 Å². The van der Waals surface area contributed by atoms with Crippen molar-refractivity contribution in [1.82, 2.24) is 4.90 Å². The highest BCUT2D eigenvalue weighted by atomic mass is 16.9. The number of fused-ring (bicyclic) bond motifs is 4. The van der Waals surface area contributed by atoms with E-state index in [0.29, 0.717) is 12.1 Å².